The van der Waals surface area contributed by atoms with E-state index in [-0.39, 0.29) is 6.42 Å². The molecule has 0 spiro atoms. The summed E-state index contributed by atoms with van der Waals surface area (Å²) in [5, 5.41) is 8.44. The highest BCUT2D eigenvalue weighted by Crippen LogP contribution is 1.95. The largest absolute Gasteiger partial charge is 0.481 e. The zero-order valence-corrected chi connectivity index (χ0v) is 5.95. The van der Waals surface area contributed by atoms with Crippen LogP contribution in [-0.4, -0.2) is 18.9 Å². The van der Waals surface area contributed by atoms with Crippen LogP contribution in [0.3, 0.4) is 0 Å². The van der Waals surface area contributed by atoms with Crippen LogP contribution in [0.1, 0.15) is 5.56 Å². The quantitative estimate of drug-likeness (QED) is 0.601. The lowest BCUT2D eigenvalue weighted by Crippen LogP contribution is -2.13. The van der Waals surface area contributed by atoms with Crippen LogP contribution >= 0.6 is 0 Å². The van der Waals surface area contributed by atoms with Crippen molar-refractivity contribution in [3.63, 3.8) is 0 Å². The number of carboxylic acid groups (broad SMARTS) is 1. The molecule has 0 aliphatic rings. The van der Waals surface area contributed by atoms with Gasteiger partial charge < -0.3 is 5.11 Å². The Morgan fingerprint density at radius 3 is 2.64 bits per heavy atom. The number of carbonyl (C=O) groups is 1. The van der Waals surface area contributed by atoms with Crippen LogP contribution in [0.4, 0.5) is 0 Å². The van der Waals surface area contributed by atoms with E-state index in [1.54, 1.807) is 24.3 Å². The second-order valence-corrected chi connectivity index (χ2v) is 2.27. The fourth-order valence-electron chi connectivity index (χ4n) is 0.858. The van der Waals surface area contributed by atoms with Gasteiger partial charge in [-0.25, -0.2) is 0 Å². The second-order valence-electron chi connectivity index (χ2n) is 2.27. The molecule has 54 valence electrons. The van der Waals surface area contributed by atoms with Crippen molar-refractivity contribution in [2.24, 2.45) is 0 Å². The van der Waals surface area contributed by atoms with Gasteiger partial charge in [0, 0.05) is 0 Å². The molecule has 0 amide bonds. The molecule has 1 N–H and O–H groups in total. The lowest BCUT2D eigenvalue weighted by Gasteiger charge is -2.00. The highest BCUT2D eigenvalue weighted by atomic mass is 16.4. The molecule has 1 rings (SSSR count). The van der Waals surface area contributed by atoms with Crippen LogP contribution in [-0.2, 0) is 11.2 Å². The Morgan fingerprint density at radius 1 is 1.45 bits per heavy atom. The summed E-state index contributed by atoms with van der Waals surface area (Å²) < 4.78 is 0. The van der Waals surface area contributed by atoms with Gasteiger partial charge in [0.25, 0.3) is 0 Å². The Bertz CT molecular complexity index is 271. The minimum atomic E-state index is -0.858. The van der Waals surface area contributed by atoms with Crippen LogP contribution in [0.2, 0.25) is 0 Å². The molecule has 1 aromatic carbocycles. The van der Waals surface area contributed by atoms with Crippen molar-refractivity contribution in [1.29, 1.82) is 0 Å². The van der Waals surface area contributed by atoms with E-state index >= 15 is 0 Å². The summed E-state index contributed by atoms with van der Waals surface area (Å²) in [5.74, 6) is -0.858. The standard InChI is InChI=1S/C8H7BO2/c9-7-4-2-1-3-6(7)5-8(10)11/h1-4H,5H2,(H,10,11). The zero-order chi connectivity index (χ0) is 8.27. The predicted molar refractivity (Wildman–Crippen MR) is 43.2 cm³/mol. The monoisotopic (exact) mass is 146 g/mol. The molecule has 0 fully saturated rings. The Kier molecular flexibility index (Phi) is 2.31. The number of hydrogen-bond acceptors (Lipinski definition) is 1. The fourth-order valence-corrected chi connectivity index (χ4v) is 0.858. The molecule has 0 heterocycles. The number of benzene rings is 1. The molecule has 1 aromatic rings. The topological polar surface area (TPSA) is 37.3 Å². The Balaban J connectivity index is 2.86. The molecule has 0 unspecified atom stereocenters. The maximum Gasteiger partial charge on any atom is 0.307 e. The molecule has 0 saturated carbocycles. The van der Waals surface area contributed by atoms with Crippen LogP contribution in [0.5, 0.6) is 0 Å². The molecule has 0 aromatic heterocycles. The summed E-state index contributed by atoms with van der Waals surface area (Å²) >= 11 is 0. The second kappa shape index (κ2) is 3.24. The van der Waals surface area contributed by atoms with Gasteiger partial charge in [-0.05, 0) is 5.56 Å². The molecular weight excluding hydrogens is 139 g/mol. The lowest BCUT2D eigenvalue weighted by atomic mass is 9.89. The zero-order valence-electron chi connectivity index (χ0n) is 5.95. The summed E-state index contributed by atoms with van der Waals surface area (Å²) in [6.45, 7) is 0. The molecule has 11 heavy (non-hydrogen) atoms. The van der Waals surface area contributed by atoms with E-state index in [1.807, 2.05) is 0 Å². The van der Waals surface area contributed by atoms with E-state index in [4.69, 9.17) is 13.0 Å². The number of carboxylic acids is 1. The number of hydrogen-bond donors (Lipinski definition) is 1. The van der Waals surface area contributed by atoms with Gasteiger partial charge in [-0.15, -0.1) is 0 Å². The van der Waals surface area contributed by atoms with Gasteiger partial charge in [-0.2, -0.15) is 0 Å². The van der Waals surface area contributed by atoms with E-state index in [0.29, 0.717) is 11.0 Å². The maximum absolute atomic E-state index is 10.3. The summed E-state index contributed by atoms with van der Waals surface area (Å²) in [4.78, 5) is 10.3. The molecule has 0 bridgehead atoms. The van der Waals surface area contributed by atoms with Crippen molar-refractivity contribution in [2.75, 3.05) is 0 Å². The molecule has 0 atom stereocenters. The Labute approximate surface area is 66.3 Å². The van der Waals surface area contributed by atoms with Crippen molar-refractivity contribution in [2.45, 2.75) is 6.42 Å². The van der Waals surface area contributed by atoms with Gasteiger partial charge in [0.05, 0.1) is 6.42 Å². The average Bonchev–Trinajstić information content (AvgIpc) is 1.93. The minimum Gasteiger partial charge on any atom is -0.481 e. The minimum absolute atomic E-state index is 0.00727. The smallest absolute Gasteiger partial charge is 0.307 e. The molecule has 0 saturated heterocycles. The van der Waals surface area contributed by atoms with E-state index in [9.17, 15) is 4.79 Å². The summed E-state index contributed by atoms with van der Waals surface area (Å²) in [6.07, 6.45) is -0.00727. The normalized spacial score (nSPS) is 9.45. The third-order valence-electron chi connectivity index (χ3n) is 1.40. The SMILES string of the molecule is [B]c1ccccc1CC(=O)O. The number of aliphatic carboxylic acids is 1. The van der Waals surface area contributed by atoms with Crippen molar-refractivity contribution in [3.8, 4) is 0 Å². The maximum atomic E-state index is 10.3. The molecule has 0 aliphatic heterocycles. The predicted octanol–water partition coefficient (Wildman–Crippen LogP) is 0.107. The van der Waals surface area contributed by atoms with Gasteiger partial charge in [0.1, 0.15) is 7.85 Å². The van der Waals surface area contributed by atoms with Crippen LogP contribution in [0.25, 0.3) is 0 Å². The van der Waals surface area contributed by atoms with E-state index in [2.05, 4.69) is 0 Å². The van der Waals surface area contributed by atoms with Crippen molar-refractivity contribution < 1.29 is 9.90 Å². The van der Waals surface area contributed by atoms with Crippen LogP contribution < -0.4 is 5.46 Å². The summed E-state index contributed by atoms with van der Waals surface area (Å²) in [6, 6.07) is 6.96. The van der Waals surface area contributed by atoms with E-state index in [0.717, 1.165) is 0 Å². The Morgan fingerprint density at radius 2 is 2.09 bits per heavy atom. The van der Waals surface area contributed by atoms with Gasteiger partial charge in [-0.1, -0.05) is 29.7 Å². The molecular formula is C8H7BO2. The molecule has 2 radical (unpaired) electrons. The molecule has 3 heteroatoms. The van der Waals surface area contributed by atoms with Crippen molar-refractivity contribution >= 4 is 19.3 Å². The van der Waals surface area contributed by atoms with Crippen molar-refractivity contribution in [1.82, 2.24) is 0 Å². The fraction of sp³-hybridized carbons (Fsp3) is 0.125. The van der Waals surface area contributed by atoms with Crippen LogP contribution in [0.15, 0.2) is 24.3 Å². The lowest BCUT2D eigenvalue weighted by molar-refractivity contribution is -0.136. The highest BCUT2D eigenvalue weighted by molar-refractivity contribution is 6.33. The van der Waals surface area contributed by atoms with Crippen molar-refractivity contribution in [3.05, 3.63) is 29.8 Å². The van der Waals surface area contributed by atoms with Crippen LogP contribution in [0, 0.1) is 0 Å². The first kappa shape index (κ1) is 7.86. The molecule has 0 aliphatic carbocycles. The van der Waals surface area contributed by atoms with Gasteiger partial charge in [0.15, 0.2) is 0 Å². The van der Waals surface area contributed by atoms with E-state index in [1.165, 1.54) is 0 Å². The Hall–Kier alpha value is -1.25. The van der Waals surface area contributed by atoms with Gasteiger partial charge in [0.2, 0.25) is 0 Å². The van der Waals surface area contributed by atoms with Gasteiger partial charge >= 0.3 is 5.97 Å². The summed E-state index contributed by atoms with van der Waals surface area (Å²) in [7, 11) is 5.51. The van der Waals surface area contributed by atoms with Gasteiger partial charge in [-0.3, -0.25) is 4.79 Å². The molecule has 2 nitrogen and oxygen atoms in total. The summed E-state index contributed by atoms with van der Waals surface area (Å²) in [5.41, 5.74) is 1.20. The first-order chi connectivity index (χ1) is 5.20. The first-order valence-electron chi connectivity index (χ1n) is 3.25. The first-order valence-corrected chi connectivity index (χ1v) is 3.25. The number of rotatable bonds is 2. The highest BCUT2D eigenvalue weighted by Gasteiger charge is 2.00. The third kappa shape index (κ3) is 2.11. The average molecular weight is 146 g/mol. The third-order valence-corrected chi connectivity index (χ3v) is 1.40. The van der Waals surface area contributed by atoms with E-state index < -0.39 is 5.97 Å².